The SMILES string of the molecule is COc1ccc(NC(C)C(=O)Nc2ccccc2OC)cc1Cl. The van der Waals surface area contributed by atoms with Crippen LogP contribution in [0.5, 0.6) is 11.5 Å². The van der Waals surface area contributed by atoms with E-state index in [1.165, 1.54) is 0 Å². The number of carbonyl (C=O) groups excluding carboxylic acids is 1. The van der Waals surface area contributed by atoms with Gasteiger partial charge >= 0.3 is 0 Å². The van der Waals surface area contributed by atoms with Gasteiger partial charge in [-0.3, -0.25) is 4.79 Å². The second-order valence-electron chi connectivity index (χ2n) is 4.90. The third kappa shape index (κ3) is 4.29. The van der Waals surface area contributed by atoms with Crippen molar-refractivity contribution in [2.24, 2.45) is 0 Å². The van der Waals surface area contributed by atoms with Crippen molar-refractivity contribution in [3.05, 3.63) is 47.5 Å². The average molecular weight is 335 g/mol. The molecule has 0 aliphatic heterocycles. The molecule has 6 heteroatoms. The van der Waals surface area contributed by atoms with E-state index in [1.54, 1.807) is 51.5 Å². The van der Waals surface area contributed by atoms with Gasteiger partial charge in [0.05, 0.1) is 24.9 Å². The van der Waals surface area contributed by atoms with Gasteiger partial charge in [-0.25, -0.2) is 0 Å². The maximum Gasteiger partial charge on any atom is 0.246 e. The summed E-state index contributed by atoms with van der Waals surface area (Å²) in [5.74, 6) is 1.02. The van der Waals surface area contributed by atoms with Crippen molar-refractivity contribution in [3.8, 4) is 11.5 Å². The first-order chi connectivity index (χ1) is 11.0. The predicted molar refractivity (Wildman–Crippen MR) is 92.7 cm³/mol. The van der Waals surface area contributed by atoms with Gasteiger partial charge in [0, 0.05) is 5.69 Å². The first-order valence-electron chi connectivity index (χ1n) is 7.09. The molecule has 5 nitrogen and oxygen atoms in total. The smallest absolute Gasteiger partial charge is 0.246 e. The average Bonchev–Trinajstić information content (AvgIpc) is 2.55. The van der Waals surface area contributed by atoms with Gasteiger partial charge in [0.1, 0.15) is 17.5 Å². The molecule has 0 saturated carbocycles. The first kappa shape index (κ1) is 17.0. The van der Waals surface area contributed by atoms with Crippen molar-refractivity contribution in [2.75, 3.05) is 24.9 Å². The summed E-state index contributed by atoms with van der Waals surface area (Å²) in [5.41, 5.74) is 1.36. The molecule has 23 heavy (non-hydrogen) atoms. The summed E-state index contributed by atoms with van der Waals surface area (Å²) >= 11 is 6.08. The minimum atomic E-state index is -0.454. The van der Waals surface area contributed by atoms with Gasteiger partial charge in [0.15, 0.2) is 0 Å². The lowest BCUT2D eigenvalue weighted by Crippen LogP contribution is -2.32. The number of anilines is 2. The highest BCUT2D eigenvalue weighted by atomic mass is 35.5. The van der Waals surface area contributed by atoms with Gasteiger partial charge in [0.25, 0.3) is 0 Å². The summed E-state index contributed by atoms with van der Waals surface area (Å²) < 4.78 is 10.3. The number of ether oxygens (including phenoxy) is 2. The standard InChI is InChI=1S/C17H19ClN2O3/c1-11(19-12-8-9-15(22-2)13(18)10-12)17(21)20-14-6-4-5-7-16(14)23-3/h4-11,19H,1-3H3,(H,20,21). The van der Waals surface area contributed by atoms with Crippen molar-refractivity contribution in [1.82, 2.24) is 0 Å². The van der Waals surface area contributed by atoms with E-state index in [9.17, 15) is 4.79 Å². The zero-order chi connectivity index (χ0) is 16.8. The molecule has 122 valence electrons. The van der Waals surface area contributed by atoms with Gasteiger partial charge in [-0.05, 0) is 37.3 Å². The second-order valence-corrected chi connectivity index (χ2v) is 5.31. The number of amides is 1. The number of benzene rings is 2. The molecule has 0 radical (unpaired) electrons. The summed E-state index contributed by atoms with van der Waals surface area (Å²) in [4.78, 5) is 12.3. The largest absolute Gasteiger partial charge is 0.495 e. The molecular weight excluding hydrogens is 316 g/mol. The molecule has 1 unspecified atom stereocenters. The fraction of sp³-hybridized carbons (Fsp3) is 0.235. The highest BCUT2D eigenvalue weighted by Crippen LogP contribution is 2.28. The topological polar surface area (TPSA) is 59.6 Å². The van der Waals surface area contributed by atoms with Crippen molar-refractivity contribution >= 4 is 28.9 Å². The lowest BCUT2D eigenvalue weighted by atomic mass is 10.2. The lowest BCUT2D eigenvalue weighted by Gasteiger charge is -2.17. The molecule has 1 amide bonds. The number of carbonyl (C=O) groups is 1. The van der Waals surface area contributed by atoms with Crippen LogP contribution >= 0.6 is 11.6 Å². The van der Waals surface area contributed by atoms with Crippen LogP contribution in [-0.4, -0.2) is 26.2 Å². The monoisotopic (exact) mass is 334 g/mol. The maximum absolute atomic E-state index is 12.3. The number of hydrogen-bond acceptors (Lipinski definition) is 4. The van der Waals surface area contributed by atoms with Gasteiger partial charge < -0.3 is 20.1 Å². The summed E-state index contributed by atoms with van der Waals surface area (Å²) in [7, 11) is 3.11. The summed E-state index contributed by atoms with van der Waals surface area (Å²) in [6, 6.07) is 12.1. The van der Waals surface area contributed by atoms with Gasteiger partial charge in [-0.15, -0.1) is 0 Å². The molecule has 2 aromatic carbocycles. The minimum Gasteiger partial charge on any atom is -0.495 e. The first-order valence-corrected chi connectivity index (χ1v) is 7.47. The number of methoxy groups -OCH3 is 2. The molecule has 2 rings (SSSR count). The Kier molecular flexibility index (Phi) is 5.71. The highest BCUT2D eigenvalue weighted by molar-refractivity contribution is 6.32. The predicted octanol–water partition coefficient (Wildman–Crippen LogP) is 3.80. The van der Waals surface area contributed by atoms with Crippen LogP contribution in [-0.2, 0) is 4.79 Å². The van der Waals surface area contributed by atoms with Crippen molar-refractivity contribution < 1.29 is 14.3 Å². The fourth-order valence-electron chi connectivity index (χ4n) is 2.06. The number of nitrogens with one attached hydrogen (secondary N) is 2. The summed E-state index contributed by atoms with van der Waals surface area (Å²) in [6.07, 6.45) is 0. The normalized spacial score (nSPS) is 11.5. The van der Waals surface area contributed by atoms with Gasteiger partial charge in [0.2, 0.25) is 5.91 Å². The molecular formula is C17H19ClN2O3. The van der Waals surface area contributed by atoms with Crippen LogP contribution in [0.4, 0.5) is 11.4 Å². The number of para-hydroxylation sites is 2. The molecule has 0 bridgehead atoms. The summed E-state index contributed by atoms with van der Waals surface area (Å²) in [6.45, 7) is 1.77. The Morgan fingerprint density at radius 1 is 1.09 bits per heavy atom. The third-order valence-corrected chi connectivity index (χ3v) is 3.59. The number of halogens is 1. The molecule has 0 heterocycles. The second kappa shape index (κ2) is 7.74. The van der Waals surface area contributed by atoms with Crippen LogP contribution in [0.15, 0.2) is 42.5 Å². The van der Waals surface area contributed by atoms with E-state index in [0.717, 1.165) is 5.69 Å². The third-order valence-electron chi connectivity index (χ3n) is 3.29. The van der Waals surface area contributed by atoms with E-state index >= 15 is 0 Å². The minimum absolute atomic E-state index is 0.179. The van der Waals surface area contributed by atoms with Crippen molar-refractivity contribution in [1.29, 1.82) is 0 Å². The maximum atomic E-state index is 12.3. The van der Waals surface area contributed by atoms with Crippen LogP contribution in [0.1, 0.15) is 6.92 Å². The van der Waals surface area contributed by atoms with E-state index in [4.69, 9.17) is 21.1 Å². The molecule has 0 saturated heterocycles. The quantitative estimate of drug-likeness (QED) is 0.843. The molecule has 0 aliphatic rings. The van der Waals surface area contributed by atoms with Crippen LogP contribution in [0.25, 0.3) is 0 Å². The fourth-order valence-corrected chi connectivity index (χ4v) is 2.32. The van der Waals surface area contributed by atoms with E-state index in [0.29, 0.717) is 22.2 Å². The lowest BCUT2D eigenvalue weighted by molar-refractivity contribution is -0.116. The van der Waals surface area contributed by atoms with E-state index < -0.39 is 6.04 Å². The Balaban J connectivity index is 2.04. The molecule has 0 aliphatic carbocycles. The van der Waals surface area contributed by atoms with E-state index in [2.05, 4.69) is 10.6 Å². The zero-order valence-electron chi connectivity index (χ0n) is 13.2. The van der Waals surface area contributed by atoms with Crippen LogP contribution in [0.2, 0.25) is 5.02 Å². The molecule has 2 aromatic rings. The van der Waals surface area contributed by atoms with Gasteiger partial charge in [-0.1, -0.05) is 23.7 Å². The number of hydrogen-bond donors (Lipinski definition) is 2. The highest BCUT2D eigenvalue weighted by Gasteiger charge is 2.15. The Hall–Kier alpha value is -2.40. The summed E-state index contributed by atoms with van der Waals surface area (Å²) in [5, 5.41) is 6.41. The Morgan fingerprint density at radius 3 is 2.43 bits per heavy atom. The molecule has 0 spiro atoms. The number of rotatable bonds is 6. The molecule has 0 aromatic heterocycles. The molecule has 1 atom stereocenters. The Bertz CT molecular complexity index is 691. The van der Waals surface area contributed by atoms with Crippen molar-refractivity contribution in [3.63, 3.8) is 0 Å². The molecule has 2 N–H and O–H groups in total. The van der Waals surface area contributed by atoms with Crippen LogP contribution in [0, 0.1) is 0 Å². The van der Waals surface area contributed by atoms with E-state index in [1.807, 2.05) is 12.1 Å². The van der Waals surface area contributed by atoms with Gasteiger partial charge in [-0.2, -0.15) is 0 Å². The molecule has 0 fully saturated rings. The zero-order valence-corrected chi connectivity index (χ0v) is 14.0. The Morgan fingerprint density at radius 2 is 1.78 bits per heavy atom. The van der Waals surface area contributed by atoms with E-state index in [-0.39, 0.29) is 5.91 Å². The van der Waals surface area contributed by atoms with Crippen molar-refractivity contribution in [2.45, 2.75) is 13.0 Å². The Labute approximate surface area is 140 Å². The van der Waals surface area contributed by atoms with Crippen LogP contribution < -0.4 is 20.1 Å². The van der Waals surface area contributed by atoms with Crippen LogP contribution in [0.3, 0.4) is 0 Å².